The Morgan fingerprint density at radius 2 is 2.00 bits per heavy atom. The Kier molecular flexibility index (Phi) is 4.31. The number of amides is 1. The average molecular weight is 302 g/mol. The minimum absolute atomic E-state index is 0.0873. The Hall–Kier alpha value is -1.72. The SMILES string of the molecule is COC1CCN(C(=O)c2cnc(-c3ccccc3)s2)CC1. The lowest BCUT2D eigenvalue weighted by Crippen LogP contribution is -2.40. The normalized spacial score (nSPS) is 16.1. The molecule has 0 bridgehead atoms. The number of hydrogen-bond donors (Lipinski definition) is 0. The predicted octanol–water partition coefficient (Wildman–Crippen LogP) is 3.06. The van der Waals surface area contributed by atoms with Gasteiger partial charge < -0.3 is 9.64 Å². The number of benzene rings is 1. The van der Waals surface area contributed by atoms with Gasteiger partial charge in [0, 0.05) is 25.8 Å². The number of methoxy groups -OCH3 is 1. The van der Waals surface area contributed by atoms with E-state index in [4.69, 9.17) is 4.74 Å². The molecule has 1 aliphatic heterocycles. The molecule has 0 unspecified atom stereocenters. The van der Waals surface area contributed by atoms with Gasteiger partial charge in [0.2, 0.25) is 0 Å². The average Bonchev–Trinajstić information content (AvgIpc) is 3.05. The molecular weight excluding hydrogens is 284 g/mol. The van der Waals surface area contributed by atoms with Gasteiger partial charge in [-0.2, -0.15) is 0 Å². The molecule has 3 rings (SSSR count). The summed E-state index contributed by atoms with van der Waals surface area (Å²) >= 11 is 1.46. The van der Waals surface area contributed by atoms with Crippen molar-refractivity contribution in [2.75, 3.05) is 20.2 Å². The van der Waals surface area contributed by atoms with E-state index in [1.165, 1.54) is 11.3 Å². The predicted molar refractivity (Wildman–Crippen MR) is 83.5 cm³/mol. The lowest BCUT2D eigenvalue weighted by atomic mass is 10.1. The number of thiazole rings is 1. The second-order valence-electron chi connectivity index (χ2n) is 5.12. The molecule has 5 heteroatoms. The summed E-state index contributed by atoms with van der Waals surface area (Å²) in [6.07, 6.45) is 3.80. The van der Waals surface area contributed by atoms with Gasteiger partial charge in [-0.3, -0.25) is 4.79 Å². The van der Waals surface area contributed by atoms with Crippen LogP contribution in [0.5, 0.6) is 0 Å². The highest BCUT2D eigenvalue weighted by molar-refractivity contribution is 7.16. The second-order valence-corrected chi connectivity index (χ2v) is 6.15. The van der Waals surface area contributed by atoms with Crippen LogP contribution in [0.1, 0.15) is 22.5 Å². The second kappa shape index (κ2) is 6.37. The summed E-state index contributed by atoms with van der Waals surface area (Å²) in [5.41, 5.74) is 1.06. The van der Waals surface area contributed by atoms with Gasteiger partial charge in [-0.25, -0.2) is 4.98 Å². The molecule has 1 fully saturated rings. The Bertz CT molecular complexity index is 604. The first-order chi connectivity index (χ1) is 10.3. The molecule has 110 valence electrons. The molecule has 1 aromatic carbocycles. The van der Waals surface area contributed by atoms with Gasteiger partial charge in [0.25, 0.3) is 5.91 Å². The van der Waals surface area contributed by atoms with Gasteiger partial charge in [-0.1, -0.05) is 30.3 Å². The monoisotopic (exact) mass is 302 g/mol. The number of hydrogen-bond acceptors (Lipinski definition) is 4. The smallest absolute Gasteiger partial charge is 0.265 e. The summed E-state index contributed by atoms with van der Waals surface area (Å²) in [6.45, 7) is 1.52. The quantitative estimate of drug-likeness (QED) is 0.875. The molecule has 2 aromatic rings. The number of piperidine rings is 1. The number of aromatic nitrogens is 1. The van der Waals surface area contributed by atoms with Crippen LogP contribution in [-0.2, 0) is 4.74 Å². The van der Waals surface area contributed by atoms with Crippen molar-refractivity contribution in [3.8, 4) is 10.6 Å². The van der Waals surface area contributed by atoms with Crippen LogP contribution in [-0.4, -0.2) is 42.1 Å². The number of likely N-dealkylation sites (tertiary alicyclic amines) is 1. The van der Waals surface area contributed by atoms with Crippen LogP contribution in [0.2, 0.25) is 0 Å². The molecule has 4 nitrogen and oxygen atoms in total. The largest absolute Gasteiger partial charge is 0.381 e. The summed E-state index contributed by atoms with van der Waals surface area (Å²) in [6, 6.07) is 9.96. The lowest BCUT2D eigenvalue weighted by Gasteiger charge is -2.30. The van der Waals surface area contributed by atoms with E-state index >= 15 is 0 Å². The van der Waals surface area contributed by atoms with Crippen molar-refractivity contribution < 1.29 is 9.53 Å². The molecule has 1 aromatic heterocycles. The van der Waals surface area contributed by atoms with Crippen LogP contribution in [0.25, 0.3) is 10.6 Å². The van der Waals surface area contributed by atoms with Crippen LogP contribution in [0, 0.1) is 0 Å². The topological polar surface area (TPSA) is 42.4 Å². The summed E-state index contributed by atoms with van der Waals surface area (Å²) in [4.78, 5) is 19.5. The number of ether oxygens (including phenoxy) is 1. The van der Waals surface area contributed by atoms with Crippen molar-refractivity contribution in [3.63, 3.8) is 0 Å². The van der Waals surface area contributed by atoms with Crippen LogP contribution < -0.4 is 0 Å². The number of nitrogens with zero attached hydrogens (tertiary/aromatic N) is 2. The number of carbonyl (C=O) groups excluding carboxylic acids is 1. The highest BCUT2D eigenvalue weighted by Crippen LogP contribution is 2.26. The fraction of sp³-hybridized carbons (Fsp3) is 0.375. The molecule has 1 aliphatic rings. The Labute approximate surface area is 128 Å². The summed E-state index contributed by atoms with van der Waals surface area (Å²) in [7, 11) is 1.73. The van der Waals surface area contributed by atoms with Crippen molar-refractivity contribution in [1.29, 1.82) is 0 Å². The summed E-state index contributed by atoms with van der Waals surface area (Å²) < 4.78 is 5.34. The van der Waals surface area contributed by atoms with Crippen molar-refractivity contribution >= 4 is 17.2 Å². The third kappa shape index (κ3) is 3.14. The highest BCUT2D eigenvalue weighted by atomic mass is 32.1. The molecule has 1 saturated heterocycles. The van der Waals surface area contributed by atoms with E-state index in [2.05, 4.69) is 4.98 Å². The van der Waals surface area contributed by atoms with Gasteiger partial charge >= 0.3 is 0 Å². The molecule has 0 N–H and O–H groups in total. The van der Waals surface area contributed by atoms with Crippen molar-refractivity contribution in [1.82, 2.24) is 9.88 Å². The lowest BCUT2D eigenvalue weighted by molar-refractivity contribution is 0.0353. The Balaban J connectivity index is 1.70. The molecule has 0 radical (unpaired) electrons. The van der Waals surface area contributed by atoms with Crippen LogP contribution in [0.4, 0.5) is 0 Å². The zero-order valence-electron chi connectivity index (χ0n) is 12.0. The molecule has 0 saturated carbocycles. The Morgan fingerprint density at radius 3 is 2.67 bits per heavy atom. The zero-order valence-corrected chi connectivity index (χ0v) is 12.8. The minimum Gasteiger partial charge on any atom is -0.381 e. The number of carbonyl (C=O) groups is 1. The third-order valence-corrected chi connectivity index (χ3v) is 4.83. The maximum Gasteiger partial charge on any atom is 0.265 e. The van der Waals surface area contributed by atoms with Crippen LogP contribution in [0.15, 0.2) is 36.5 Å². The summed E-state index contributed by atoms with van der Waals surface area (Å²) in [5, 5.41) is 0.894. The van der Waals surface area contributed by atoms with Gasteiger partial charge in [0.1, 0.15) is 9.88 Å². The van der Waals surface area contributed by atoms with Crippen molar-refractivity contribution in [3.05, 3.63) is 41.4 Å². The van der Waals surface area contributed by atoms with Crippen LogP contribution in [0.3, 0.4) is 0 Å². The van der Waals surface area contributed by atoms with Gasteiger partial charge in [-0.05, 0) is 12.8 Å². The van der Waals surface area contributed by atoms with E-state index in [1.807, 2.05) is 35.2 Å². The Morgan fingerprint density at radius 1 is 1.29 bits per heavy atom. The van der Waals surface area contributed by atoms with Gasteiger partial charge in [0.15, 0.2) is 0 Å². The van der Waals surface area contributed by atoms with E-state index in [9.17, 15) is 4.79 Å². The highest BCUT2D eigenvalue weighted by Gasteiger charge is 2.24. The van der Waals surface area contributed by atoms with Gasteiger partial charge in [-0.15, -0.1) is 11.3 Å². The van der Waals surface area contributed by atoms with E-state index in [0.29, 0.717) is 4.88 Å². The first-order valence-corrected chi connectivity index (χ1v) is 7.93. The fourth-order valence-corrected chi connectivity index (χ4v) is 3.43. The molecule has 0 atom stereocenters. The molecule has 1 amide bonds. The zero-order chi connectivity index (χ0) is 14.7. The minimum atomic E-state index is 0.0873. The number of rotatable bonds is 3. The third-order valence-electron chi connectivity index (χ3n) is 3.80. The van der Waals surface area contributed by atoms with Gasteiger partial charge in [0.05, 0.1) is 12.3 Å². The molecular formula is C16H18N2O2S. The first kappa shape index (κ1) is 14.2. The molecule has 0 aliphatic carbocycles. The van der Waals surface area contributed by atoms with E-state index in [0.717, 1.165) is 36.5 Å². The summed E-state index contributed by atoms with van der Waals surface area (Å²) in [5.74, 6) is 0.0873. The maximum absolute atomic E-state index is 12.5. The van der Waals surface area contributed by atoms with Crippen molar-refractivity contribution in [2.24, 2.45) is 0 Å². The molecule has 2 heterocycles. The van der Waals surface area contributed by atoms with Crippen molar-refractivity contribution in [2.45, 2.75) is 18.9 Å². The molecule has 21 heavy (non-hydrogen) atoms. The van der Waals surface area contributed by atoms with Crippen LogP contribution >= 0.6 is 11.3 Å². The van der Waals surface area contributed by atoms with E-state index in [1.54, 1.807) is 13.3 Å². The first-order valence-electron chi connectivity index (χ1n) is 7.11. The fourth-order valence-electron chi connectivity index (χ4n) is 2.54. The molecule has 0 spiro atoms. The van der Waals surface area contributed by atoms with E-state index < -0.39 is 0 Å². The maximum atomic E-state index is 12.5. The van der Waals surface area contributed by atoms with E-state index in [-0.39, 0.29) is 12.0 Å². The standard InChI is InChI=1S/C16H18N2O2S/c1-20-13-7-9-18(10-8-13)16(19)14-11-17-15(21-14)12-5-3-2-4-6-12/h2-6,11,13H,7-10H2,1H3.